The molecule has 3 amide bonds. The predicted octanol–water partition coefficient (Wildman–Crippen LogP) is 0.620. The number of nitrogens with one attached hydrogen (secondary N) is 3. The molecule has 4 atom stereocenters. The van der Waals surface area contributed by atoms with E-state index in [9.17, 15) is 33.6 Å². The fourth-order valence-corrected chi connectivity index (χ4v) is 8.76. The smallest absolute Gasteiger partial charge is 0.870 e. The number of ether oxygens (including phenoxy) is 4. The molecule has 0 spiro atoms. The maximum absolute atomic E-state index is 12.5. The number of carboxylic acid groups (broad SMARTS) is 4. The van der Waals surface area contributed by atoms with Crippen LogP contribution in [0.3, 0.4) is 0 Å². The van der Waals surface area contributed by atoms with Gasteiger partial charge in [0.25, 0.3) is 0 Å². The molecule has 75 heavy (non-hydrogen) atoms. The minimum absolute atomic E-state index is 0. The second-order valence-corrected chi connectivity index (χ2v) is 26.8. The van der Waals surface area contributed by atoms with E-state index in [2.05, 4.69) is 62.2 Å². The molecule has 0 aliphatic rings. The molecule has 0 aromatic carbocycles. The summed E-state index contributed by atoms with van der Waals surface area (Å²) in [5.74, 6) is -1.63. The second kappa shape index (κ2) is 47.8. The van der Waals surface area contributed by atoms with E-state index in [-0.39, 0.29) is 114 Å². The Kier molecular flexibility index (Phi) is 57.6. The summed E-state index contributed by atoms with van der Waals surface area (Å²) >= 11 is 0. The Morgan fingerprint density at radius 1 is 0.600 bits per heavy atom. The molecule has 12 N–H and O–H groups in total. The van der Waals surface area contributed by atoms with Crippen molar-refractivity contribution < 1.29 is 177 Å². The summed E-state index contributed by atoms with van der Waals surface area (Å²) in [6, 6.07) is -2.05. The standard InChI is InChI=1S/C19H36N2O5S2.C13H27N3O3S2.C10H18O5.CH2O3.K.Na.HO3S.H2O/c1-13(16(23)24)10-8-9-11-20-15(22)14(12-27-28-19(5,6)7)21-17(25)26-18(2,3)4;1-13(2,3)21-20-8-10(15)11(17)16-7-5-4-6-9(14)12(18)19;1-9(2,3)14-7(11)13-8(12)15-10(4,5)6;2-1(3)4;;;1-4(2)3;/h13-14H,8-12H2,1-7H3,(H,20,22)(H,21,25)(H,23,24);9-10H,4-8,14-15H2,1-3H3,(H,16,17)(H,18,19);1-6H3;(H2,2,3,4);;;(H,1,2,3);1H2/q;;;;2*+1;-1;/p-2/t13-,14-;9-,10-;;;;;;/m00....../s1. The topological polar surface area (TPSA) is 430 Å². The van der Waals surface area contributed by atoms with Gasteiger partial charge in [-0.2, -0.15) is 0 Å². The largest absolute Gasteiger partial charge is 1.00 e. The summed E-state index contributed by atoms with van der Waals surface area (Å²) in [6.07, 6.45) is -1.07. The number of unbranched alkanes of at least 4 members (excludes halogenated alkanes) is 2. The number of carbonyl (C=O) groups excluding carboxylic acids is 5. The molecular formula is C43H84KN5NaO20S5-. The number of alkyl carbamates (subject to hydrolysis) is 1. The Balaban J connectivity index is -0.000000141. The summed E-state index contributed by atoms with van der Waals surface area (Å²) in [7, 11) is 3.61. The predicted molar refractivity (Wildman–Crippen MR) is 282 cm³/mol. The molecule has 0 fully saturated rings. The number of carboxylic acids is 2. The van der Waals surface area contributed by atoms with Crippen molar-refractivity contribution in [1.82, 2.24) is 16.0 Å². The van der Waals surface area contributed by atoms with Gasteiger partial charge in [0.2, 0.25) is 18.0 Å². The van der Waals surface area contributed by atoms with Gasteiger partial charge >= 0.3 is 111 Å². The molecule has 0 unspecified atom stereocenters. The van der Waals surface area contributed by atoms with E-state index in [1.54, 1.807) is 102 Å². The Morgan fingerprint density at radius 3 is 1.28 bits per heavy atom. The normalized spacial score (nSPS) is 12.5. The van der Waals surface area contributed by atoms with Gasteiger partial charge in [-0.1, -0.05) is 98.1 Å². The number of aliphatic carboxylic acids is 2. The van der Waals surface area contributed by atoms with Gasteiger partial charge in [-0.05, 0) is 94.4 Å². The first kappa shape index (κ1) is 90.5. The third-order valence-electron chi connectivity index (χ3n) is 6.73. The second-order valence-electron chi connectivity index (χ2n) is 20.0. The molecule has 0 saturated heterocycles. The van der Waals surface area contributed by atoms with E-state index in [1.807, 2.05) is 0 Å². The van der Waals surface area contributed by atoms with E-state index in [1.165, 1.54) is 10.8 Å². The number of rotatable bonds is 21. The first-order chi connectivity index (χ1) is 32.3. The van der Waals surface area contributed by atoms with Crippen LogP contribution in [0.4, 0.5) is 19.2 Å². The zero-order valence-electron chi connectivity index (χ0n) is 46.9. The van der Waals surface area contributed by atoms with E-state index < -0.39 is 82.4 Å². The molecule has 0 saturated carbocycles. The number of carbonyl (C=O) groups is 8. The van der Waals surface area contributed by atoms with Crippen LogP contribution in [0.1, 0.15) is 149 Å². The minimum Gasteiger partial charge on any atom is -0.870 e. The van der Waals surface area contributed by atoms with Crippen molar-refractivity contribution >= 4 is 102 Å². The van der Waals surface area contributed by atoms with Crippen LogP contribution in [-0.4, -0.2) is 143 Å². The molecule has 25 nitrogen and oxygen atoms in total. The maximum Gasteiger partial charge on any atom is 1.00 e. The molecular weight excluding hydrogens is 1130 g/mol. The van der Waals surface area contributed by atoms with Gasteiger partial charge in [-0.25, -0.2) is 14.4 Å². The Bertz CT molecular complexity index is 1670. The number of amides is 3. The molecule has 0 heterocycles. The maximum atomic E-state index is 12.5. The van der Waals surface area contributed by atoms with Crippen molar-refractivity contribution in [3.05, 3.63) is 0 Å². The number of hydrogen-bond acceptors (Lipinski definition) is 23. The zero-order chi connectivity index (χ0) is 57.9. The van der Waals surface area contributed by atoms with Crippen LogP contribution in [0.2, 0.25) is 0 Å². The van der Waals surface area contributed by atoms with Crippen molar-refractivity contribution in [3.63, 3.8) is 0 Å². The van der Waals surface area contributed by atoms with Crippen molar-refractivity contribution in [3.8, 4) is 0 Å². The summed E-state index contributed by atoms with van der Waals surface area (Å²) < 4.78 is 43.3. The molecule has 32 heteroatoms. The summed E-state index contributed by atoms with van der Waals surface area (Å²) in [6.45, 7) is 30.5. The third-order valence-corrected chi connectivity index (χ3v) is 13.5. The number of nitrogens with two attached hydrogens (primary N) is 2. The number of hydrogen-bond donors (Lipinski definition) is 9. The fourth-order valence-electron chi connectivity index (χ4n) is 3.87. The van der Waals surface area contributed by atoms with E-state index in [0.717, 1.165) is 0 Å². The van der Waals surface area contributed by atoms with Crippen LogP contribution >= 0.6 is 43.2 Å². The van der Waals surface area contributed by atoms with Crippen LogP contribution in [0.15, 0.2) is 0 Å². The van der Waals surface area contributed by atoms with Gasteiger partial charge in [-0.15, -0.1) is 0 Å². The van der Waals surface area contributed by atoms with Crippen LogP contribution in [0.25, 0.3) is 0 Å². The first-order valence-electron chi connectivity index (χ1n) is 22.3. The molecule has 434 valence electrons. The van der Waals surface area contributed by atoms with E-state index >= 15 is 0 Å². The Morgan fingerprint density at radius 2 is 0.947 bits per heavy atom. The monoisotopic (exact) mass is 1210 g/mol. The van der Waals surface area contributed by atoms with Gasteiger partial charge in [0.05, 0.1) is 12.0 Å². The quantitative estimate of drug-likeness (QED) is 0.00875. The molecule has 0 aliphatic heterocycles. The molecule has 0 aromatic heterocycles. The van der Waals surface area contributed by atoms with Crippen molar-refractivity contribution in [2.45, 2.75) is 194 Å². The van der Waals surface area contributed by atoms with Crippen LogP contribution in [0.5, 0.6) is 0 Å². The Labute approximate surface area is 525 Å². The SMILES string of the molecule is CC(C)(C)OC(=O)OC(=O)OC(C)(C)C.CC(C)(C)SSC[C@H](N)C(=O)NCCCC[C@H](N)C(=O)O.C[C@@H](CCCCNC(=O)[C@H](CSSC(C)(C)C)NC(=O)OC(C)(C)C)C(=O)O.O=C([O-])O.O=[S-](=O)O.[K+].[Na+].[OH-]. The molecule has 0 aromatic rings. The Hall–Kier alpha value is -1.01. The molecule has 0 aliphatic carbocycles. The van der Waals surface area contributed by atoms with Crippen LogP contribution in [0, 0.1) is 5.92 Å². The summed E-state index contributed by atoms with van der Waals surface area (Å²) in [4.78, 5) is 88.1. The zero-order valence-corrected chi connectivity index (χ0v) is 56.1. The van der Waals surface area contributed by atoms with Gasteiger partial charge in [-0.3, -0.25) is 19.2 Å². The summed E-state index contributed by atoms with van der Waals surface area (Å²) in [5.41, 5.74) is 9.16. The van der Waals surface area contributed by atoms with Gasteiger partial charge in [0.1, 0.15) is 28.9 Å². The van der Waals surface area contributed by atoms with E-state index in [4.69, 9.17) is 63.9 Å². The van der Waals surface area contributed by atoms with Gasteiger partial charge in [0, 0.05) is 45.1 Å². The third kappa shape index (κ3) is 79.6. The summed E-state index contributed by atoms with van der Waals surface area (Å²) in [5, 5.41) is 41.0. The van der Waals surface area contributed by atoms with Crippen LogP contribution < -0.4 is 113 Å². The molecule has 0 rings (SSSR count). The van der Waals surface area contributed by atoms with E-state index in [0.29, 0.717) is 63.1 Å². The van der Waals surface area contributed by atoms with Crippen molar-refractivity contribution in [1.29, 1.82) is 0 Å². The molecule has 0 bridgehead atoms. The average Bonchev–Trinajstić information content (AvgIpc) is 3.13. The van der Waals surface area contributed by atoms with Gasteiger partial charge < -0.3 is 90.0 Å². The minimum atomic E-state index is -2.86. The molecule has 0 radical (unpaired) electrons. The van der Waals surface area contributed by atoms with Crippen LogP contribution in [-0.2, 0) is 57.5 Å². The van der Waals surface area contributed by atoms with Crippen molar-refractivity contribution in [2.75, 3.05) is 24.6 Å². The first-order valence-corrected chi connectivity index (χ1v) is 27.9. The van der Waals surface area contributed by atoms with Gasteiger partial charge in [0.15, 0.2) is 0 Å². The average molecular weight is 1210 g/mol. The van der Waals surface area contributed by atoms with Crippen molar-refractivity contribution in [2.24, 2.45) is 17.4 Å². The fraction of sp³-hybridized carbons (Fsp3) is 0.814.